The molecule has 31 heavy (non-hydrogen) atoms. The average molecular weight is 427 g/mol. The summed E-state index contributed by atoms with van der Waals surface area (Å²) in [4.78, 5) is 15.2. The smallest absolute Gasteiger partial charge is 0.251 e. The van der Waals surface area contributed by atoms with Gasteiger partial charge in [0.1, 0.15) is 0 Å². The molecule has 1 aliphatic carbocycles. The van der Waals surface area contributed by atoms with Gasteiger partial charge < -0.3 is 10.1 Å². The minimum atomic E-state index is -0.0308. The fraction of sp³-hybridized carbons (Fsp3) is 0.680. The van der Waals surface area contributed by atoms with Crippen molar-refractivity contribution in [3.05, 3.63) is 29.5 Å². The van der Waals surface area contributed by atoms with E-state index < -0.39 is 0 Å². The third-order valence-corrected chi connectivity index (χ3v) is 6.84. The molecule has 1 saturated heterocycles. The molecular formula is C25H38N4O2. The zero-order valence-corrected chi connectivity index (χ0v) is 19.6. The van der Waals surface area contributed by atoms with Crippen LogP contribution >= 0.6 is 0 Å². The second-order valence-corrected chi connectivity index (χ2v) is 10.4. The van der Waals surface area contributed by atoms with Crippen LogP contribution < -0.4 is 5.32 Å². The van der Waals surface area contributed by atoms with Crippen molar-refractivity contribution in [1.29, 1.82) is 0 Å². The number of aryl methyl sites for hydroxylation is 1. The van der Waals surface area contributed by atoms with Gasteiger partial charge in [0.05, 0.1) is 12.1 Å². The van der Waals surface area contributed by atoms with Gasteiger partial charge in [-0.15, -0.1) is 0 Å². The highest BCUT2D eigenvalue weighted by Crippen LogP contribution is 2.29. The van der Waals surface area contributed by atoms with Crippen LogP contribution in [0, 0.1) is 18.8 Å². The van der Waals surface area contributed by atoms with E-state index in [4.69, 9.17) is 9.84 Å². The number of ether oxygens (including phenoxy) is 1. The van der Waals surface area contributed by atoms with Crippen LogP contribution in [0.3, 0.4) is 0 Å². The zero-order chi connectivity index (χ0) is 22.0. The van der Waals surface area contributed by atoms with Crippen LogP contribution in [0.2, 0.25) is 0 Å². The van der Waals surface area contributed by atoms with Crippen LogP contribution in [0.5, 0.6) is 0 Å². The SMILES string of the molecule is Cc1c(C(=O)NCCOCC2CC2)ccc2nn(CC3CCN(C(C)(C)C)CC3)cc12. The van der Waals surface area contributed by atoms with Crippen molar-refractivity contribution in [2.75, 3.05) is 32.8 Å². The predicted molar refractivity (Wildman–Crippen MR) is 124 cm³/mol. The summed E-state index contributed by atoms with van der Waals surface area (Å²) >= 11 is 0. The van der Waals surface area contributed by atoms with Crippen molar-refractivity contribution in [2.45, 2.75) is 65.5 Å². The first-order valence-corrected chi connectivity index (χ1v) is 11.9. The Morgan fingerprint density at radius 1 is 1.16 bits per heavy atom. The number of amides is 1. The largest absolute Gasteiger partial charge is 0.379 e. The number of hydrogen-bond donors (Lipinski definition) is 1. The molecule has 6 heteroatoms. The zero-order valence-electron chi connectivity index (χ0n) is 19.6. The van der Waals surface area contributed by atoms with Crippen molar-refractivity contribution < 1.29 is 9.53 Å². The second kappa shape index (κ2) is 9.29. The number of rotatable bonds is 8. The Labute approximate surface area is 186 Å². The number of aromatic nitrogens is 2. The summed E-state index contributed by atoms with van der Waals surface area (Å²) in [5.41, 5.74) is 2.95. The molecule has 2 aromatic rings. The van der Waals surface area contributed by atoms with Gasteiger partial charge in [0, 0.05) is 42.4 Å². The molecule has 1 aromatic heterocycles. The van der Waals surface area contributed by atoms with Gasteiger partial charge in [-0.3, -0.25) is 14.4 Å². The topological polar surface area (TPSA) is 59.4 Å². The van der Waals surface area contributed by atoms with E-state index in [0.29, 0.717) is 19.1 Å². The summed E-state index contributed by atoms with van der Waals surface area (Å²) in [7, 11) is 0. The number of nitrogens with one attached hydrogen (secondary N) is 1. The predicted octanol–water partition coefficient (Wildman–Crippen LogP) is 4.01. The van der Waals surface area contributed by atoms with E-state index in [-0.39, 0.29) is 11.4 Å². The second-order valence-electron chi connectivity index (χ2n) is 10.4. The molecule has 1 aromatic carbocycles. The number of carbonyl (C=O) groups is 1. The Bertz CT molecular complexity index is 902. The minimum Gasteiger partial charge on any atom is -0.379 e. The number of hydrogen-bond acceptors (Lipinski definition) is 4. The quantitative estimate of drug-likeness (QED) is 0.648. The molecule has 4 rings (SSSR count). The molecule has 1 saturated carbocycles. The maximum absolute atomic E-state index is 12.7. The van der Waals surface area contributed by atoms with Gasteiger partial charge in [-0.05, 0) is 96.0 Å². The summed E-state index contributed by atoms with van der Waals surface area (Å²) in [5.74, 6) is 1.38. The van der Waals surface area contributed by atoms with Crippen LogP contribution in [-0.4, -0.2) is 59.0 Å². The fourth-order valence-corrected chi connectivity index (χ4v) is 4.54. The average Bonchev–Trinajstić information content (AvgIpc) is 3.45. The normalized spacial score (nSPS) is 18.6. The fourth-order valence-electron chi connectivity index (χ4n) is 4.54. The molecule has 2 fully saturated rings. The van der Waals surface area contributed by atoms with Crippen molar-refractivity contribution in [1.82, 2.24) is 20.0 Å². The van der Waals surface area contributed by atoms with Crippen molar-refractivity contribution in [2.24, 2.45) is 11.8 Å². The first-order chi connectivity index (χ1) is 14.8. The Kier molecular flexibility index (Phi) is 6.68. The lowest BCUT2D eigenvalue weighted by Crippen LogP contribution is -2.46. The molecule has 1 N–H and O–H groups in total. The van der Waals surface area contributed by atoms with Gasteiger partial charge in [-0.25, -0.2) is 0 Å². The van der Waals surface area contributed by atoms with Gasteiger partial charge >= 0.3 is 0 Å². The molecule has 6 nitrogen and oxygen atoms in total. The minimum absolute atomic E-state index is 0.0308. The van der Waals surface area contributed by atoms with E-state index in [0.717, 1.165) is 54.2 Å². The summed E-state index contributed by atoms with van der Waals surface area (Å²) < 4.78 is 7.70. The highest BCUT2D eigenvalue weighted by Gasteiger charge is 2.27. The van der Waals surface area contributed by atoms with E-state index in [1.807, 2.05) is 19.1 Å². The molecule has 170 valence electrons. The Hall–Kier alpha value is -1.92. The molecule has 0 spiro atoms. The Balaban J connectivity index is 1.33. The number of nitrogens with zero attached hydrogens (tertiary/aromatic N) is 3. The third-order valence-electron chi connectivity index (χ3n) is 6.84. The molecule has 0 unspecified atom stereocenters. The van der Waals surface area contributed by atoms with Crippen LogP contribution in [0.4, 0.5) is 0 Å². The van der Waals surface area contributed by atoms with E-state index in [9.17, 15) is 4.79 Å². The van der Waals surface area contributed by atoms with Gasteiger partial charge in [0.25, 0.3) is 5.91 Å². The summed E-state index contributed by atoms with van der Waals surface area (Å²) in [6, 6.07) is 3.87. The van der Waals surface area contributed by atoms with Crippen LogP contribution in [0.15, 0.2) is 18.3 Å². The van der Waals surface area contributed by atoms with E-state index >= 15 is 0 Å². The first-order valence-electron chi connectivity index (χ1n) is 11.9. The molecule has 2 aliphatic rings. The molecular weight excluding hydrogens is 388 g/mol. The van der Waals surface area contributed by atoms with Crippen LogP contribution in [-0.2, 0) is 11.3 Å². The first kappa shape index (κ1) is 22.3. The van der Waals surface area contributed by atoms with Gasteiger partial charge in [0.2, 0.25) is 0 Å². The number of likely N-dealkylation sites (tertiary alicyclic amines) is 1. The monoisotopic (exact) mass is 426 g/mol. The summed E-state index contributed by atoms with van der Waals surface area (Å²) in [5, 5.41) is 8.86. The maximum atomic E-state index is 12.7. The lowest BCUT2D eigenvalue weighted by atomic mass is 9.93. The highest BCUT2D eigenvalue weighted by atomic mass is 16.5. The van der Waals surface area contributed by atoms with Crippen molar-refractivity contribution >= 4 is 16.8 Å². The Morgan fingerprint density at radius 2 is 1.90 bits per heavy atom. The van der Waals surface area contributed by atoms with Gasteiger partial charge in [-0.1, -0.05) is 0 Å². The van der Waals surface area contributed by atoms with Crippen molar-refractivity contribution in [3.63, 3.8) is 0 Å². The van der Waals surface area contributed by atoms with Crippen LogP contribution in [0.1, 0.15) is 62.4 Å². The number of benzene rings is 1. The van der Waals surface area contributed by atoms with E-state index in [1.54, 1.807) is 0 Å². The van der Waals surface area contributed by atoms with Gasteiger partial charge in [0.15, 0.2) is 0 Å². The standard InChI is InChI=1S/C25H38N4O2/c1-18-21(24(30)26-11-14-31-17-20-5-6-20)7-8-23-22(18)16-29(27-23)15-19-9-12-28(13-10-19)25(2,3)4/h7-8,16,19-20H,5-6,9-15,17H2,1-4H3,(H,26,30). The summed E-state index contributed by atoms with van der Waals surface area (Å²) in [6.45, 7) is 14.1. The Morgan fingerprint density at radius 3 is 2.58 bits per heavy atom. The molecule has 0 radical (unpaired) electrons. The maximum Gasteiger partial charge on any atom is 0.251 e. The number of fused-ring (bicyclic) bond motifs is 1. The number of piperidine rings is 1. The molecule has 2 heterocycles. The lowest BCUT2D eigenvalue weighted by Gasteiger charge is -2.40. The van der Waals surface area contributed by atoms with Crippen LogP contribution in [0.25, 0.3) is 10.9 Å². The van der Waals surface area contributed by atoms with Gasteiger partial charge in [-0.2, -0.15) is 5.10 Å². The third kappa shape index (κ3) is 5.66. The molecule has 1 amide bonds. The highest BCUT2D eigenvalue weighted by molar-refractivity contribution is 6.00. The van der Waals surface area contributed by atoms with Crippen molar-refractivity contribution in [3.8, 4) is 0 Å². The van der Waals surface area contributed by atoms with E-state index in [2.05, 4.69) is 41.9 Å². The summed E-state index contributed by atoms with van der Waals surface area (Å²) in [6.07, 6.45) is 7.12. The van der Waals surface area contributed by atoms with E-state index in [1.165, 1.54) is 25.7 Å². The molecule has 1 aliphatic heterocycles. The lowest BCUT2D eigenvalue weighted by molar-refractivity contribution is 0.0822. The molecule has 0 atom stereocenters. The molecule has 0 bridgehead atoms. The number of carbonyl (C=O) groups excluding carboxylic acids is 1.